The molecule has 11 heteroatoms. The average Bonchev–Trinajstić information content (AvgIpc) is 3.34. The number of cyclic esters (lactones) is 1. The number of rotatable bonds is 6. The molecule has 32 heavy (non-hydrogen) atoms. The first kappa shape index (κ1) is 21.8. The number of carbonyl (C=O) groups excluding carboxylic acids is 1. The third-order valence-corrected chi connectivity index (χ3v) is 5.71. The predicted octanol–water partition coefficient (Wildman–Crippen LogP) is 3.21. The molecule has 1 aromatic carbocycles. The van der Waals surface area contributed by atoms with E-state index >= 15 is 0 Å². The Bertz CT molecular complexity index is 1220. The number of halogens is 1. The number of fused-ring (bicyclic) bond motifs is 1. The van der Waals surface area contributed by atoms with Gasteiger partial charge in [0.05, 0.1) is 35.3 Å². The molecule has 3 N–H and O–H groups in total. The maximum absolute atomic E-state index is 11.8. The van der Waals surface area contributed by atoms with Crippen LogP contribution in [0.3, 0.4) is 0 Å². The maximum Gasteiger partial charge on any atom is 0.407 e. The second-order valence-electron chi connectivity index (χ2n) is 7.36. The Balaban J connectivity index is 1.96. The third-order valence-electron chi connectivity index (χ3n) is 5.40. The van der Waals surface area contributed by atoms with Gasteiger partial charge < -0.3 is 20.5 Å². The number of nitrogens with two attached hydrogens (primary N) is 1. The van der Waals surface area contributed by atoms with Gasteiger partial charge in [0.15, 0.2) is 11.8 Å². The van der Waals surface area contributed by atoms with Gasteiger partial charge in [-0.15, -0.1) is 0 Å². The number of amides is 1. The number of ether oxygens (including phenoxy) is 2. The SMILES string of the molecule is CCOc1c(C(C)n2nc(C)c3c(N)ncnc32)cc(Cl)c(C=NC)c1C1CNC(=O)O1. The van der Waals surface area contributed by atoms with Gasteiger partial charge in [0.2, 0.25) is 0 Å². The van der Waals surface area contributed by atoms with Crippen molar-refractivity contribution in [1.82, 2.24) is 25.1 Å². The molecule has 0 saturated carbocycles. The summed E-state index contributed by atoms with van der Waals surface area (Å²) in [5.74, 6) is 0.942. The van der Waals surface area contributed by atoms with Crippen LogP contribution in [0.15, 0.2) is 17.4 Å². The van der Waals surface area contributed by atoms with Crippen molar-refractivity contribution in [1.29, 1.82) is 0 Å². The van der Waals surface area contributed by atoms with Crippen LogP contribution in [-0.2, 0) is 4.74 Å². The Kier molecular flexibility index (Phi) is 5.88. The first-order valence-electron chi connectivity index (χ1n) is 10.2. The quantitative estimate of drug-likeness (QED) is 0.543. The molecular formula is C21H24ClN7O3. The molecular weight excluding hydrogens is 434 g/mol. The van der Waals surface area contributed by atoms with Crippen LogP contribution in [-0.4, -0.2) is 52.3 Å². The van der Waals surface area contributed by atoms with Crippen molar-refractivity contribution in [2.45, 2.75) is 32.9 Å². The fourth-order valence-electron chi connectivity index (χ4n) is 4.00. The lowest BCUT2D eigenvalue weighted by molar-refractivity contribution is 0.139. The van der Waals surface area contributed by atoms with Gasteiger partial charge in [-0.3, -0.25) is 4.99 Å². The minimum atomic E-state index is -0.573. The number of carbonyl (C=O) groups is 1. The van der Waals surface area contributed by atoms with Gasteiger partial charge in [0, 0.05) is 30.0 Å². The Morgan fingerprint density at radius 1 is 1.50 bits per heavy atom. The smallest absolute Gasteiger partial charge is 0.407 e. The summed E-state index contributed by atoms with van der Waals surface area (Å²) in [5, 5.41) is 8.52. The van der Waals surface area contributed by atoms with Gasteiger partial charge in [-0.05, 0) is 26.8 Å². The van der Waals surface area contributed by atoms with E-state index in [9.17, 15) is 4.79 Å². The molecule has 1 amide bonds. The molecule has 0 aliphatic carbocycles. The molecule has 10 nitrogen and oxygen atoms in total. The number of aryl methyl sites for hydroxylation is 1. The molecule has 1 aliphatic heterocycles. The number of hydrogen-bond donors (Lipinski definition) is 2. The van der Waals surface area contributed by atoms with Gasteiger partial charge in [0.1, 0.15) is 17.9 Å². The van der Waals surface area contributed by atoms with E-state index in [0.717, 1.165) is 11.3 Å². The highest BCUT2D eigenvalue weighted by Crippen LogP contribution is 2.42. The van der Waals surface area contributed by atoms with Crippen LogP contribution in [0.25, 0.3) is 11.0 Å². The predicted molar refractivity (Wildman–Crippen MR) is 122 cm³/mol. The number of hydrogen-bond acceptors (Lipinski definition) is 8. The normalized spacial score (nSPS) is 17.0. The molecule has 2 atom stereocenters. The number of nitrogens with one attached hydrogen (secondary N) is 1. The van der Waals surface area contributed by atoms with Gasteiger partial charge in [-0.25, -0.2) is 19.4 Å². The average molecular weight is 458 g/mol. The summed E-state index contributed by atoms with van der Waals surface area (Å²) in [6.07, 6.45) is 1.99. The minimum Gasteiger partial charge on any atom is -0.493 e. The van der Waals surface area contributed by atoms with Crippen LogP contribution in [0.5, 0.6) is 5.75 Å². The van der Waals surface area contributed by atoms with E-state index in [0.29, 0.717) is 51.9 Å². The zero-order valence-electron chi connectivity index (χ0n) is 18.2. The van der Waals surface area contributed by atoms with E-state index < -0.39 is 12.2 Å². The van der Waals surface area contributed by atoms with Crippen LogP contribution >= 0.6 is 11.6 Å². The standard InChI is InChI=1S/C21H24ClN7O3/c1-5-31-18-12(11(3)29-20-16(10(2)28-29)19(23)26-9-27-20)6-14(22)13(7-24-4)17(18)15-8-25-21(30)32-15/h6-7,9,11,15H,5,8H2,1-4H3,(H,25,30)(H2,23,26,27). The second kappa shape index (κ2) is 8.62. The molecule has 1 saturated heterocycles. The molecule has 3 heterocycles. The van der Waals surface area contributed by atoms with E-state index in [-0.39, 0.29) is 6.04 Å². The third kappa shape index (κ3) is 3.60. The van der Waals surface area contributed by atoms with Crippen molar-refractivity contribution in [2.24, 2.45) is 4.99 Å². The monoisotopic (exact) mass is 457 g/mol. The summed E-state index contributed by atoms with van der Waals surface area (Å²) < 4.78 is 13.4. The zero-order chi connectivity index (χ0) is 23.0. The molecule has 1 aliphatic rings. The number of aromatic nitrogens is 4. The highest BCUT2D eigenvalue weighted by atomic mass is 35.5. The summed E-state index contributed by atoms with van der Waals surface area (Å²) in [7, 11) is 1.65. The van der Waals surface area contributed by atoms with Crippen LogP contribution in [0, 0.1) is 6.92 Å². The molecule has 168 valence electrons. The van der Waals surface area contributed by atoms with Gasteiger partial charge in [-0.1, -0.05) is 11.6 Å². The molecule has 2 unspecified atom stereocenters. The number of alkyl carbamates (subject to hydrolysis) is 1. The van der Waals surface area contributed by atoms with Crippen molar-refractivity contribution in [3.8, 4) is 5.75 Å². The number of anilines is 1. The summed E-state index contributed by atoms with van der Waals surface area (Å²) in [4.78, 5) is 24.4. The van der Waals surface area contributed by atoms with Gasteiger partial charge in [-0.2, -0.15) is 5.10 Å². The summed E-state index contributed by atoms with van der Waals surface area (Å²) in [5.41, 5.74) is 9.46. The molecule has 4 rings (SSSR count). The van der Waals surface area contributed by atoms with E-state index in [2.05, 4.69) is 25.4 Å². The number of benzene rings is 1. The Morgan fingerprint density at radius 3 is 2.94 bits per heavy atom. The van der Waals surface area contributed by atoms with E-state index in [4.69, 9.17) is 26.8 Å². The van der Waals surface area contributed by atoms with Gasteiger partial charge in [0.25, 0.3) is 0 Å². The highest BCUT2D eigenvalue weighted by Gasteiger charge is 2.33. The Morgan fingerprint density at radius 2 is 2.28 bits per heavy atom. The number of nitrogen functional groups attached to an aromatic ring is 1. The molecule has 0 radical (unpaired) electrons. The Hall–Kier alpha value is -3.40. The molecule has 1 fully saturated rings. The first-order chi connectivity index (χ1) is 15.4. The lowest BCUT2D eigenvalue weighted by Gasteiger charge is -2.24. The summed E-state index contributed by atoms with van der Waals surface area (Å²) in [6.45, 7) is 6.41. The van der Waals surface area contributed by atoms with E-state index in [1.807, 2.05) is 26.8 Å². The van der Waals surface area contributed by atoms with Crippen molar-refractivity contribution >= 4 is 40.8 Å². The van der Waals surface area contributed by atoms with Crippen molar-refractivity contribution in [3.05, 3.63) is 39.8 Å². The molecule has 0 spiro atoms. The highest BCUT2D eigenvalue weighted by molar-refractivity contribution is 6.33. The fraction of sp³-hybridized carbons (Fsp3) is 0.381. The largest absolute Gasteiger partial charge is 0.493 e. The molecule has 0 bridgehead atoms. The van der Waals surface area contributed by atoms with Crippen LogP contribution in [0.1, 0.15) is 48.4 Å². The second-order valence-corrected chi connectivity index (χ2v) is 7.77. The topological polar surface area (TPSA) is 130 Å². The van der Waals surface area contributed by atoms with Crippen molar-refractivity contribution in [3.63, 3.8) is 0 Å². The Labute approximate surface area is 189 Å². The van der Waals surface area contributed by atoms with Crippen molar-refractivity contribution in [2.75, 3.05) is 25.9 Å². The molecule has 3 aromatic rings. The van der Waals surface area contributed by atoms with Crippen LogP contribution in [0.2, 0.25) is 5.02 Å². The van der Waals surface area contributed by atoms with Gasteiger partial charge >= 0.3 is 6.09 Å². The van der Waals surface area contributed by atoms with Crippen molar-refractivity contribution < 1.29 is 14.3 Å². The maximum atomic E-state index is 11.8. The zero-order valence-corrected chi connectivity index (χ0v) is 19.0. The minimum absolute atomic E-state index is 0.297. The number of nitrogens with zero attached hydrogens (tertiary/aromatic N) is 5. The summed E-state index contributed by atoms with van der Waals surface area (Å²) in [6, 6.07) is 1.51. The summed E-state index contributed by atoms with van der Waals surface area (Å²) >= 11 is 6.70. The lowest BCUT2D eigenvalue weighted by atomic mass is 9.94. The molecule has 2 aromatic heterocycles. The lowest BCUT2D eigenvalue weighted by Crippen LogP contribution is -2.17. The van der Waals surface area contributed by atoms with Crippen LogP contribution < -0.4 is 15.8 Å². The first-order valence-corrected chi connectivity index (χ1v) is 10.6. The van der Waals surface area contributed by atoms with E-state index in [1.54, 1.807) is 17.9 Å². The fourth-order valence-corrected chi connectivity index (χ4v) is 4.27. The number of aliphatic imine (C=N–C) groups is 1. The van der Waals surface area contributed by atoms with Crippen LogP contribution in [0.4, 0.5) is 10.6 Å². The van der Waals surface area contributed by atoms with E-state index in [1.165, 1.54) is 6.33 Å².